The summed E-state index contributed by atoms with van der Waals surface area (Å²) in [6.45, 7) is 1.66. The van der Waals surface area contributed by atoms with E-state index < -0.39 is 0 Å². The molecule has 4 heterocycles. The Kier molecular flexibility index (Phi) is 8.44. The van der Waals surface area contributed by atoms with E-state index in [1.807, 2.05) is 24.6 Å². The molecule has 0 spiro atoms. The number of aryl methyl sites for hydroxylation is 2. The molecule has 208 valence electrons. The summed E-state index contributed by atoms with van der Waals surface area (Å²) in [4.78, 5) is 14.5. The molecular weight excluding hydrogens is 528 g/mol. The highest BCUT2D eigenvalue weighted by Crippen LogP contribution is 2.28. The molecular formula is C34H34N4O2S. The molecule has 41 heavy (non-hydrogen) atoms. The van der Waals surface area contributed by atoms with E-state index in [9.17, 15) is 5.11 Å². The second kappa shape index (κ2) is 12.7. The third kappa shape index (κ3) is 6.69. The number of fused-ring (bicyclic) bond motifs is 2. The lowest BCUT2D eigenvalue weighted by atomic mass is 9.99. The van der Waals surface area contributed by atoms with E-state index in [4.69, 9.17) is 14.7 Å². The van der Waals surface area contributed by atoms with Gasteiger partial charge < -0.3 is 15.2 Å². The molecule has 1 saturated heterocycles. The van der Waals surface area contributed by atoms with Gasteiger partial charge in [-0.15, -0.1) is 11.8 Å². The number of ether oxygens (including phenoxy) is 1. The first kappa shape index (κ1) is 27.2. The molecule has 2 aliphatic rings. The average Bonchev–Trinajstić information content (AvgIpc) is 3.01. The summed E-state index contributed by atoms with van der Waals surface area (Å²) in [5.74, 6) is 1.04. The van der Waals surface area contributed by atoms with Crippen molar-refractivity contribution in [3.8, 4) is 0 Å². The van der Waals surface area contributed by atoms with E-state index in [-0.39, 0.29) is 5.88 Å². The Hall–Kier alpha value is -3.94. The van der Waals surface area contributed by atoms with E-state index in [1.54, 1.807) is 17.8 Å². The summed E-state index contributed by atoms with van der Waals surface area (Å²) in [5, 5.41) is 14.8. The third-order valence-corrected chi connectivity index (χ3v) is 8.24. The highest BCUT2D eigenvalue weighted by atomic mass is 32.2. The smallest absolute Gasteiger partial charge is 0.184 e. The maximum atomic E-state index is 9.76. The number of aliphatic hydroxyl groups excluding tert-OH is 1. The second-order valence-electron chi connectivity index (χ2n) is 10.4. The summed E-state index contributed by atoms with van der Waals surface area (Å²) in [6, 6.07) is 17.1. The number of pyridine rings is 1. The zero-order valence-corrected chi connectivity index (χ0v) is 24.1. The van der Waals surface area contributed by atoms with Gasteiger partial charge in [0.2, 0.25) is 0 Å². The van der Waals surface area contributed by atoms with Crippen molar-refractivity contribution in [1.29, 1.82) is 0 Å². The van der Waals surface area contributed by atoms with Crippen LogP contribution in [0.4, 0.5) is 5.69 Å². The molecule has 0 bridgehead atoms. The fourth-order valence-corrected chi connectivity index (χ4v) is 5.96. The van der Waals surface area contributed by atoms with Gasteiger partial charge in [0.1, 0.15) is 10.9 Å². The molecule has 2 N–H and O–H groups in total. The van der Waals surface area contributed by atoms with Gasteiger partial charge in [-0.2, -0.15) is 0 Å². The van der Waals surface area contributed by atoms with Crippen LogP contribution in [0.2, 0.25) is 0 Å². The van der Waals surface area contributed by atoms with Gasteiger partial charge in [0.15, 0.2) is 5.88 Å². The van der Waals surface area contributed by atoms with E-state index in [1.165, 1.54) is 27.8 Å². The minimum Gasteiger partial charge on any atom is -0.495 e. The number of aliphatic hydroxyl groups is 1. The number of hydrogen-bond donors (Lipinski definition) is 2. The van der Waals surface area contributed by atoms with Crippen LogP contribution in [-0.2, 0) is 30.4 Å². The summed E-state index contributed by atoms with van der Waals surface area (Å²) in [5.41, 5.74) is 9.26. The first-order valence-corrected chi connectivity index (χ1v) is 15.4. The molecule has 2 aromatic carbocycles. The van der Waals surface area contributed by atoms with Crippen LogP contribution >= 0.6 is 11.8 Å². The molecule has 7 heteroatoms. The van der Waals surface area contributed by atoms with Crippen LogP contribution < -0.4 is 5.32 Å². The van der Waals surface area contributed by atoms with E-state index in [0.29, 0.717) is 6.42 Å². The third-order valence-electron chi connectivity index (χ3n) is 7.54. The van der Waals surface area contributed by atoms with Crippen LogP contribution in [-0.4, -0.2) is 39.5 Å². The normalized spacial score (nSPS) is 15.0. The summed E-state index contributed by atoms with van der Waals surface area (Å²) in [7, 11) is 0. The number of thioether (sulfide) groups is 1. The number of nitrogens with zero attached hydrogens (tertiary/aromatic N) is 3. The molecule has 0 unspecified atom stereocenters. The molecule has 1 fully saturated rings. The number of allylic oxidation sites excluding steroid dienone is 2. The number of nitrogens with one attached hydrogen (secondary N) is 1. The molecule has 2 aromatic heterocycles. The van der Waals surface area contributed by atoms with Crippen molar-refractivity contribution in [2.24, 2.45) is 0 Å². The van der Waals surface area contributed by atoms with Crippen molar-refractivity contribution in [3.63, 3.8) is 0 Å². The monoisotopic (exact) mass is 562 g/mol. The number of rotatable bonds is 8. The standard InChI is InChI=1S/C34H34N4O2S/c1-41-34-33-29(13-10-25-9-12-28-27(22-25)11-14-32(39)38-28)36-31(37-30(33)15-18-35-34)4-2-3-23-5-7-24(8-6-23)21-26-16-19-40-20-17-26/h2-3,5-9,12,14-15,18,21-22,38-39H,4,10-11,13,16-17,19-20H2,1H3/b3-2+. The molecule has 0 aliphatic carbocycles. The molecule has 0 saturated carbocycles. The lowest BCUT2D eigenvalue weighted by Gasteiger charge is -2.17. The van der Waals surface area contributed by atoms with Crippen molar-refractivity contribution >= 4 is 40.5 Å². The van der Waals surface area contributed by atoms with Gasteiger partial charge in [0.05, 0.1) is 29.8 Å². The summed E-state index contributed by atoms with van der Waals surface area (Å²) < 4.78 is 5.46. The fraction of sp³-hybridized carbons (Fsp3) is 0.265. The molecule has 2 aliphatic heterocycles. The van der Waals surface area contributed by atoms with Crippen LogP contribution in [0, 0.1) is 0 Å². The van der Waals surface area contributed by atoms with Crippen molar-refractivity contribution in [2.75, 3.05) is 24.8 Å². The van der Waals surface area contributed by atoms with Gasteiger partial charge >= 0.3 is 0 Å². The first-order valence-electron chi connectivity index (χ1n) is 14.1. The first-order chi connectivity index (χ1) is 20.1. The topological polar surface area (TPSA) is 80.2 Å². The van der Waals surface area contributed by atoms with Crippen LogP contribution in [0.25, 0.3) is 23.1 Å². The van der Waals surface area contributed by atoms with Gasteiger partial charge in [-0.05, 0) is 78.8 Å². The second-order valence-corrected chi connectivity index (χ2v) is 11.2. The van der Waals surface area contributed by atoms with Crippen LogP contribution in [0.1, 0.15) is 46.6 Å². The predicted molar refractivity (Wildman–Crippen MR) is 168 cm³/mol. The average molecular weight is 563 g/mol. The molecule has 4 aromatic rings. The Morgan fingerprint density at radius 3 is 2.66 bits per heavy atom. The van der Waals surface area contributed by atoms with Gasteiger partial charge in [0.25, 0.3) is 0 Å². The Labute approximate surface area is 245 Å². The summed E-state index contributed by atoms with van der Waals surface area (Å²) >= 11 is 1.63. The minimum atomic E-state index is 0.219. The fourth-order valence-electron chi connectivity index (χ4n) is 5.37. The molecule has 0 amide bonds. The van der Waals surface area contributed by atoms with E-state index in [2.05, 4.69) is 64.9 Å². The van der Waals surface area contributed by atoms with Crippen molar-refractivity contribution in [1.82, 2.24) is 15.0 Å². The van der Waals surface area contributed by atoms with Gasteiger partial charge in [0, 0.05) is 18.3 Å². The predicted octanol–water partition coefficient (Wildman–Crippen LogP) is 7.35. The lowest BCUT2D eigenvalue weighted by Crippen LogP contribution is -2.08. The molecule has 0 atom stereocenters. The van der Waals surface area contributed by atoms with Crippen molar-refractivity contribution in [3.05, 3.63) is 112 Å². The molecule has 6 nitrogen and oxygen atoms in total. The quantitative estimate of drug-likeness (QED) is 0.217. The maximum absolute atomic E-state index is 9.76. The largest absolute Gasteiger partial charge is 0.495 e. The molecule has 0 radical (unpaired) electrons. The Morgan fingerprint density at radius 1 is 1.00 bits per heavy atom. The number of anilines is 1. The SMILES string of the molecule is CSc1nccc2nc(C/C=C/c3ccc(C=C4CCOCC4)cc3)nc(CCc3ccc4c(c3)CC=C(O)N4)c12. The molecule has 6 rings (SSSR count). The highest BCUT2D eigenvalue weighted by Gasteiger charge is 2.14. The van der Waals surface area contributed by atoms with Crippen LogP contribution in [0.15, 0.2) is 83.4 Å². The van der Waals surface area contributed by atoms with Crippen molar-refractivity contribution < 1.29 is 9.84 Å². The van der Waals surface area contributed by atoms with E-state index in [0.717, 1.165) is 78.5 Å². The van der Waals surface area contributed by atoms with Gasteiger partial charge in [-0.3, -0.25) is 0 Å². The van der Waals surface area contributed by atoms with Gasteiger partial charge in [-0.1, -0.05) is 60.2 Å². The Morgan fingerprint density at radius 2 is 1.83 bits per heavy atom. The van der Waals surface area contributed by atoms with Crippen LogP contribution in [0.3, 0.4) is 0 Å². The zero-order valence-electron chi connectivity index (χ0n) is 23.3. The number of aromatic nitrogens is 3. The van der Waals surface area contributed by atoms with Crippen molar-refractivity contribution in [2.45, 2.75) is 43.6 Å². The zero-order chi connectivity index (χ0) is 28.0. The van der Waals surface area contributed by atoms with Gasteiger partial charge in [-0.25, -0.2) is 15.0 Å². The van der Waals surface area contributed by atoms with E-state index >= 15 is 0 Å². The Balaban J connectivity index is 1.18. The lowest BCUT2D eigenvalue weighted by molar-refractivity contribution is 0.119. The van der Waals surface area contributed by atoms with Crippen LogP contribution in [0.5, 0.6) is 0 Å². The Bertz CT molecular complexity index is 1640. The summed E-state index contributed by atoms with van der Waals surface area (Å²) in [6.07, 6.45) is 17.4. The number of benzene rings is 2. The minimum absolute atomic E-state index is 0.219. The number of hydrogen-bond acceptors (Lipinski definition) is 7. The highest BCUT2D eigenvalue weighted by molar-refractivity contribution is 7.98. The maximum Gasteiger partial charge on any atom is 0.184 e.